The van der Waals surface area contributed by atoms with Crippen LogP contribution in [0.25, 0.3) is 0 Å². The molecule has 10 heteroatoms. The second-order valence-corrected chi connectivity index (χ2v) is 6.64. The number of nitrogens with one attached hydrogen (secondary N) is 2. The van der Waals surface area contributed by atoms with Gasteiger partial charge in [0, 0.05) is 17.5 Å². The highest BCUT2D eigenvalue weighted by molar-refractivity contribution is 6.42. The number of tetrazole rings is 1. The molecular weight excluding hydrogens is 389 g/mol. The van der Waals surface area contributed by atoms with Gasteiger partial charge in [-0.05, 0) is 35.5 Å². The molecule has 0 radical (unpaired) electrons. The Bertz CT molecular complexity index is 1050. The summed E-state index contributed by atoms with van der Waals surface area (Å²) in [7, 11) is 0. The van der Waals surface area contributed by atoms with E-state index in [0.717, 1.165) is 0 Å². The van der Waals surface area contributed by atoms with Crippen LogP contribution in [0.4, 0.5) is 11.6 Å². The first-order chi connectivity index (χ1) is 13.1. The van der Waals surface area contributed by atoms with E-state index in [1.807, 2.05) is 0 Å². The van der Waals surface area contributed by atoms with Gasteiger partial charge in [-0.15, -0.1) is 0 Å². The summed E-state index contributed by atoms with van der Waals surface area (Å²) in [6.45, 7) is 1.78. The number of hydrogen-bond donors (Lipinski definition) is 2. The zero-order chi connectivity index (χ0) is 19.0. The van der Waals surface area contributed by atoms with Crippen LogP contribution in [0.3, 0.4) is 0 Å². The lowest BCUT2D eigenvalue weighted by molar-refractivity contribution is -0.113. The van der Waals surface area contributed by atoms with E-state index in [1.54, 1.807) is 49.6 Å². The molecule has 8 nitrogen and oxygen atoms in total. The molecule has 2 N–H and O–H groups in total. The quantitative estimate of drug-likeness (QED) is 0.698. The number of carbonyl (C=O) groups is 1. The van der Waals surface area contributed by atoms with Crippen molar-refractivity contribution in [1.82, 2.24) is 25.2 Å². The molecule has 136 valence electrons. The summed E-state index contributed by atoms with van der Waals surface area (Å²) in [6, 6.07) is 8.09. The van der Waals surface area contributed by atoms with E-state index in [9.17, 15) is 4.79 Å². The molecule has 0 aliphatic carbocycles. The van der Waals surface area contributed by atoms with Crippen molar-refractivity contribution >= 4 is 40.7 Å². The lowest BCUT2D eigenvalue weighted by Crippen LogP contribution is -2.31. The third-order valence-corrected chi connectivity index (χ3v) is 4.99. The maximum absolute atomic E-state index is 13.1. The number of fused-ring (bicyclic) bond motifs is 1. The van der Waals surface area contributed by atoms with Crippen LogP contribution in [0.1, 0.15) is 18.5 Å². The summed E-state index contributed by atoms with van der Waals surface area (Å²) < 4.78 is 1.50. The SMILES string of the molecule is CC1=C(C(=O)Nc2cccnc2)[C@@H](c2cccc(Cl)c2Cl)n2nnnc2N1. The van der Waals surface area contributed by atoms with Crippen LogP contribution in [0.2, 0.25) is 10.0 Å². The first kappa shape index (κ1) is 17.4. The molecule has 0 bridgehead atoms. The van der Waals surface area contributed by atoms with Gasteiger partial charge in [-0.3, -0.25) is 9.78 Å². The molecule has 0 saturated heterocycles. The van der Waals surface area contributed by atoms with Gasteiger partial charge in [-0.1, -0.05) is 40.4 Å². The molecule has 1 atom stereocenters. The number of allylic oxidation sites excluding steroid dienone is 1. The van der Waals surface area contributed by atoms with Crippen LogP contribution in [0, 0.1) is 0 Å². The van der Waals surface area contributed by atoms with Crippen molar-refractivity contribution in [2.24, 2.45) is 0 Å². The molecular formula is C17H13Cl2N7O. The normalized spacial score (nSPS) is 15.9. The predicted molar refractivity (Wildman–Crippen MR) is 102 cm³/mol. The van der Waals surface area contributed by atoms with E-state index < -0.39 is 6.04 Å². The third-order valence-electron chi connectivity index (χ3n) is 4.15. The zero-order valence-electron chi connectivity index (χ0n) is 14.0. The summed E-state index contributed by atoms with van der Waals surface area (Å²) in [5, 5.41) is 18.3. The molecule has 1 aliphatic rings. The standard InChI is InChI=1S/C17H13Cl2N7O/c1-9-13(16(27)22-10-4-3-7-20-8-10)15(26-17(21-9)23-24-25-26)11-5-2-6-12(18)14(11)19/h2-8,15H,1H3,(H,22,27)(H,21,23,25)/t15-/m1/s1. The summed E-state index contributed by atoms with van der Waals surface area (Å²) in [4.78, 5) is 17.1. The number of pyridine rings is 1. The Morgan fingerprint density at radius 2 is 2.11 bits per heavy atom. The van der Waals surface area contributed by atoms with Crippen LogP contribution >= 0.6 is 23.2 Å². The first-order valence-electron chi connectivity index (χ1n) is 7.97. The van der Waals surface area contributed by atoms with E-state index >= 15 is 0 Å². The van der Waals surface area contributed by atoms with Gasteiger partial charge < -0.3 is 10.6 Å². The lowest BCUT2D eigenvalue weighted by atomic mass is 9.95. The predicted octanol–water partition coefficient (Wildman–Crippen LogP) is 3.30. The van der Waals surface area contributed by atoms with E-state index in [2.05, 4.69) is 31.1 Å². The summed E-state index contributed by atoms with van der Waals surface area (Å²) >= 11 is 12.6. The van der Waals surface area contributed by atoms with Crippen LogP contribution in [-0.2, 0) is 4.79 Å². The lowest BCUT2D eigenvalue weighted by Gasteiger charge is -2.28. The number of rotatable bonds is 3. The number of aromatic nitrogens is 5. The van der Waals surface area contributed by atoms with Crippen molar-refractivity contribution in [2.75, 3.05) is 10.6 Å². The highest BCUT2D eigenvalue weighted by Gasteiger charge is 2.35. The van der Waals surface area contributed by atoms with Gasteiger partial charge in [0.25, 0.3) is 5.91 Å². The largest absolute Gasteiger partial charge is 0.326 e. The molecule has 1 aliphatic heterocycles. The smallest absolute Gasteiger partial charge is 0.255 e. The molecule has 2 aromatic heterocycles. The highest BCUT2D eigenvalue weighted by atomic mass is 35.5. The first-order valence-corrected chi connectivity index (χ1v) is 8.73. The Labute approximate surface area is 164 Å². The van der Waals surface area contributed by atoms with Gasteiger partial charge in [0.05, 0.1) is 27.5 Å². The fourth-order valence-electron chi connectivity index (χ4n) is 2.96. The average molecular weight is 402 g/mol. The van der Waals surface area contributed by atoms with Gasteiger partial charge >= 0.3 is 0 Å². The fraction of sp³-hybridized carbons (Fsp3) is 0.118. The Morgan fingerprint density at radius 1 is 1.26 bits per heavy atom. The monoisotopic (exact) mass is 401 g/mol. The maximum atomic E-state index is 13.1. The number of carbonyl (C=O) groups excluding carboxylic acids is 1. The van der Waals surface area contributed by atoms with Crippen LogP contribution in [0.15, 0.2) is 54.0 Å². The molecule has 1 aromatic carbocycles. The molecule has 0 saturated carbocycles. The minimum atomic E-state index is -0.640. The van der Waals surface area contributed by atoms with Crippen LogP contribution in [-0.4, -0.2) is 31.1 Å². The van der Waals surface area contributed by atoms with Crippen molar-refractivity contribution in [3.8, 4) is 0 Å². The van der Waals surface area contributed by atoms with E-state index in [1.165, 1.54) is 4.68 Å². The molecule has 4 rings (SSSR count). The van der Waals surface area contributed by atoms with Gasteiger partial charge in [-0.25, -0.2) is 0 Å². The zero-order valence-corrected chi connectivity index (χ0v) is 15.5. The van der Waals surface area contributed by atoms with Gasteiger partial charge in [0.2, 0.25) is 5.95 Å². The number of anilines is 2. The van der Waals surface area contributed by atoms with Gasteiger partial charge in [0.15, 0.2) is 0 Å². The number of halogens is 2. The third kappa shape index (κ3) is 3.13. The number of nitrogens with zero attached hydrogens (tertiary/aromatic N) is 5. The van der Waals surface area contributed by atoms with E-state index in [-0.39, 0.29) is 5.91 Å². The Kier molecular flexibility index (Phi) is 4.51. The highest BCUT2D eigenvalue weighted by Crippen LogP contribution is 2.39. The van der Waals surface area contributed by atoms with Crippen molar-refractivity contribution < 1.29 is 4.79 Å². The fourth-order valence-corrected chi connectivity index (χ4v) is 3.37. The van der Waals surface area contributed by atoms with Crippen molar-refractivity contribution in [3.63, 3.8) is 0 Å². The average Bonchev–Trinajstić information content (AvgIpc) is 3.12. The molecule has 0 spiro atoms. The van der Waals surface area contributed by atoms with E-state index in [0.29, 0.717) is 38.5 Å². The minimum Gasteiger partial charge on any atom is -0.326 e. The molecule has 27 heavy (non-hydrogen) atoms. The van der Waals surface area contributed by atoms with Crippen molar-refractivity contribution in [2.45, 2.75) is 13.0 Å². The van der Waals surface area contributed by atoms with Gasteiger partial charge in [0.1, 0.15) is 6.04 Å². The Balaban J connectivity index is 1.82. The molecule has 0 unspecified atom stereocenters. The molecule has 0 fully saturated rings. The number of hydrogen-bond acceptors (Lipinski definition) is 6. The van der Waals surface area contributed by atoms with E-state index in [4.69, 9.17) is 23.2 Å². The number of amides is 1. The molecule has 3 heterocycles. The van der Waals surface area contributed by atoms with Crippen molar-refractivity contribution in [3.05, 3.63) is 69.6 Å². The minimum absolute atomic E-state index is 0.324. The second kappa shape index (κ2) is 6.98. The topological polar surface area (TPSA) is 97.6 Å². The Hall–Kier alpha value is -2.97. The van der Waals surface area contributed by atoms with Crippen molar-refractivity contribution in [1.29, 1.82) is 0 Å². The number of benzene rings is 1. The van der Waals surface area contributed by atoms with Crippen LogP contribution < -0.4 is 10.6 Å². The molecule has 1 amide bonds. The Morgan fingerprint density at radius 3 is 2.89 bits per heavy atom. The summed E-state index contributed by atoms with van der Waals surface area (Å²) in [6.07, 6.45) is 3.19. The maximum Gasteiger partial charge on any atom is 0.255 e. The summed E-state index contributed by atoms with van der Waals surface area (Å²) in [5.41, 5.74) is 2.22. The van der Waals surface area contributed by atoms with Gasteiger partial charge in [-0.2, -0.15) is 4.68 Å². The summed E-state index contributed by atoms with van der Waals surface area (Å²) in [5.74, 6) is 0.0849. The van der Waals surface area contributed by atoms with Crippen LogP contribution in [0.5, 0.6) is 0 Å². The second-order valence-electron chi connectivity index (χ2n) is 5.85. The molecule has 3 aromatic rings.